The molecule has 7 heteroatoms. The summed E-state index contributed by atoms with van der Waals surface area (Å²) in [7, 11) is 1.80. The van der Waals surface area contributed by atoms with Crippen LogP contribution in [0.1, 0.15) is 37.0 Å². The Morgan fingerprint density at radius 2 is 2.11 bits per heavy atom. The molecule has 0 saturated heterocycles. The Morgan fingerprint density at radius 1 is 1.53 bits per heavy atom. The number of aromatic nitrogens is 1. The van der Waals surface area contributed by atoms with Crippen molar-refractivity contribution < 1.29 is 14.8 Å². The summed E-state index contributed by atoms with van der Waals surface area (Å²) in [6.45, 7) is 4.04. The van der Waals surface area contributed by atoms with Crippen molar-refractivity contribution in [1.29, 1.82) is 0 Å². The average Bonchev–Trinajstić information content (AvgIpc) is 2.39. The smallest absolute Gasteiger partial charge is 0.342 e. The fourth-order valence-electron chi connectivity index (χ4n) is 1.97. The summed E-state index contributed by atoms with van der Waals surface area (Å²) in [5.74, 6) is -0.898. The van der Waals surface area contributed by atoms with Gasteiger partial charge in [0.1, 0.15) is 17.6 Å². The second-order valence-electron chi connectivity index (χ2n) is 4.20. The molecule has 0 aliphatic heterocycles. The number of pyridine rings is 1. The molecular weight excluding hydrogens is 250 g/mol. The Balaban J connectivity index is 3.22. The zero-order valence-corrected chi connectivity index (χ0v) is 11.2. The second kappa shape index (κ2) is 6.12. The van der Waals surface area contributed by atoms with Crippen LogP contribution in [0.25, 0.3) is 0 Å². The van der Waals surface area contributed by atoms with Gasteiger partial charge in [0, 0.05) is 19.2 Å². The number of carboxylic acids is 1. The van der Waals surface area contributed by atoms with Crippen molar-refractivity contribution in [1.82, 2.24) is 4.98 Å². The molecule has 0 aromatic carbocycles. The van der Waals surface area contributed by atoms with E-state index in [1.54, 1.807) is 7.05 Å². The Hall–Kier alpha value is -2.18. The molecule has 1 aromatic rings. The lowest BCUT2D eigenvalue weighted by atomic mass is 10.1. The molecule has 0 saturated carbocycles. The summed E-state index contributed by atoms with van der Waals surface area (Å²) >= 11 is 0. The Bertz CT molecular complexity index is 486. The van der Waals surface area contributed by atoms with E-state index in [1.165, 1.54) is 6.07 Å². The minimum atomic E-state index is -1.33. The van der Waals surface area contributed by atoms with Crippen LogP contribution in [-0.4, -0.2) is 34.1 Å². The number of nitro groups is 1. The second-order valence-corrected chi connectivity index (χ2v) is 4.20. The van der Waals surface area contributed by atoms with Gasteiger partial charge in [-0.2, -0.15) is 0 Å². The van der Waals surface area contributed by atoms with Crippen molar-refractivity contribution >= 4 is 17.5 Å². The molecule has 0 unspecified atom stereocenters. The first-order valence-electron chi connectivity index (χ1n) is 6.02. The van der Waals surface area contributed by atoms with Crippen molar-refractivity contribution in [2.75, 3.05) is 11.9 Å². The van der Waals surface area contributed by atoms with E-state index < -0.39 is 16.6 Å². The molecule has 0 bridgehead atoms. The van der Waals surface area contributed by atoms with Crippen molar-refractivity contribution in [3.63, 3.8) is 0 Å². The minimum absolute atomic E-state index is 0.218. The topological polar surface area (TPSA) is 96.6 Å². The van der Waals surface area contributed by atoms with Gasteiger partial charge in [-0.3, -0.25) is 10.1 Å². The molecule has 7 nitrogen and oxygen atoms in total. The maximum atomic E-state index is 11.1. The summed E-state index contributed by atoms with van der Waals surface area (Å²) in [5.41, 5.74) is -0.831. The first kappa shape index (κ1) is 14.9. The highest BCUT2D eigenvalue weighted by Crippen LogP contribution is 2.24. The van der Waals surface area contributed by atoms with Crippen LogP contribution in [0.15, 0.2) is 12.3 Å². The van der Waals surface area contributed by atoms with Crippen LogP contribution in [0.3, 0.4) is 0 Å². The number of anilines is 1. The van der Waals surface area contributed by atoms with Gasteiger partial charge in [0.15, 0.2) is 0 Å². The molecule has 0 fully saturated rings. The van der Waals surface area contributed by atoms with E-state index in [2.05, 4.69) is 4.98 Å². The maximum Gasteiger partial charge on any atom is 0.342 e. The van der Waals surface area contributed by atoms with Crippen LogP contribution in [0.5, 0.6) is 0 Å². The largest absolute Gasteiger partial charge is 0.477 e. The molecule has 19 heavy (non-hydrogen) atoms. The monoisotopic (exact) mass is 267 g/mol. The number of carbonyl (C=O) groups is 1. The standard InChI is InChI=1S/C12H17N3O4/c1-4-8(5-2)14(3)11-6-9(12(16)17)10(7-13-11)15(18)19/h6-8H,4-5H2,1-3H3,(H,16,17). The molecule has 0 atom stereocenters. The Kier molecular flexibility index (Phi) is 4.80. The lowest BCUT2D eigenvalue weighted by molar-refractivity contribution is -0.385. The molecule has 0 amide bonds. The van der Waals surface area contributed by atoms with Gasteiger partial charge in [-0.25, -0.2) is 9.78 Å². The zero-order chi connectivity index (χ0) is 14.6. The third kappa shape index (κ3) is 3.18. The van der Waals surface area contributed by atoms with E-state index in [0.29, 0.717) is 5.82 Å². The average molecular weight is 267 g/mol. The predicted molar refractivity (Wildman–Crippen MR) is 70.6 cm³/mol. The summed E-state index contributed by atoms with van der Waals surface area (Å²) in [6, 6.07) is 1.47. The third-order valence-corrected chi connectivity index (χ3v) is 3.15. The molecule has 1 rings (SSSR count). The normalized spacial score (nSPS) is 10.5. The number of hydrogen-bond donors (Lipinski definition) is 1. The summed E-state index contributed by atoms with van der Waals surface area (Å²) in [4.78, 5) is 26.9. The number of hydrogen-bond acceptors (Lipinski definition) is 5. The first-order chi connectivity index (χ1) is 8.92. The van der Waals surface area contributed by atoms with Crippen molar-refractivity contribution in [3.8, 4) is 0 Å². The molecule has 0 spiro atoms. The first-order valence-corrected chi connectivity index (χ1v) is 6.02. The van der Waals surface area contributed by atoms with E-state index in [4.69, 9.17) is 5.11 Å². The van der Waals surface area contributed by atoms with Crippen molar-refractivity contribution in [3.05, 3.63) is 27.9 Å². The highest BCUT2D eigenvalue weighted by molar-refractivity contribution is 5.93. The third-order valence-electron chi connectivity index (χ3n) is 3.15. The van der Waals surface area contributed by atoms with Gasteiger partial charge >= 0.3 is 11.7 Å². The Morgan fingerprint density at radius 3 is 2.53 bits per heavy atom. The predicted octanol–water partition coefficient (Wildman–Crippen LogP) is 2.31. The zero-order valence-electron chi connectivity index (χ0n) is 11.2. The van der Waals surface area contributed by atoms with Gasteiger partial charge in [0.2, 0.25) is 0 Å². The van der Waals surface area contributed by atoms with E-state index in [0.717, 1.165) is 19.0 Å². The van der Waals surface area contributed by atoms with Crippen LogP contribution in [0.2, 0.25) is 0 Å². The van der Waals surface area contributed by atoms with Crippen LogP contribution in [0.4, 0.5) is 11.5 Å². The van der Waals surface area contributed by atoms with E-state index in [1.807, 2.05) is 18.7 Å². The van der Waals surface area contributed by atoms with Crippen LogP contribution in [0, 0.1) is 10.1 Å². The lowest BCUT2D eigenvalue weighted by Crippen LogP contribution is -2.31. The summed E-state index contributed by atoms with van der Waals surface area (Å²) in [6.07, 6.45) is 2.76. The van der Waals surface area contributed by atoms with Crippen LogP contribution >= 0.6 is 0 Å². The van der Waals surface area contributed by atoms with Gasteiger partial charge < -0.3 is 10.0 Å². The number of aromatic carboxylic acids is 1. The van der Waals surface area contributed by atoms with Gasteiger partial charge in [-0.1, -0.05) is 13.8 Å². The lowest BCUT2D eigenvalue weighted by Gasteiger charge is -2.27. The number of nitrogens with zero attached hydrogens (tertiary/aromatic N) is 3. The highest BCUT2D eigenvalue weighted by atomic mass is 16.6. The molecule has 0 aliphatic rings. The molecule has 0 radical (unpaired) electrons. The van der Waals surface area contributed by atoms with E-state index in [9.17, 15) is 14.9 Å². The van der Waals surface area contributed by atoms with E-state index in [-0.39, 0.29) is 11.6 Å². The van der Waals surface area contributed by atoms with Crippen molar-refractivity contribution in [2.45, 2.75) is 32.7 Å². The quantitative estimate of drug-likeness (QED) is 0.627. The SMILES string of the molecule is CCC(CC)N(C)c1cc(C(=O)O)c([N+](=O)[O-])cn1. The molecular formula is C12H17N3O4. The molecule has 1 aromatic heterocycles. The fraction of sp³-hybridized carbons (Fsp3) is 0.500. The fourth-order valence-corrected chi connectivity index (χ4v) is 1.97. The molecule has 1 N–H and O–H groups in total. The van der Waals surface area contributed by atoms with Gasteiger partial charge in [-0.15, -0.1) is 0 Å². The van der Waals surface area contributed by atoms with Crippen LogP contribution in [-0.2, 0) is 0 Å². The Labute approximate surface area is 111 Å². The van der Waals surface area contributed by atoms with Crippen LogP contribution < -0.4 is 4.90 Å². The maximum absolute atomic E-state index is 11.1. The molecule has 1 heterocycles. The highest BCUT2D eigenvalue weighted by Gasteiger charge is 2.23. The van der Waals surface area contributed by atoms with Gasteiger partial charge in [-0.05, 0) is 12.8 Å². The minimum Gasteiger partial charge on any atom is -0.477 e. The molecule has 0 aliphatic carbocycles. The van der Waals surface area contributed by atoms with Crippen molar-refractivity contribution in [2.24, 2.45) is 0 Å². The number of rotatable bonds is 6. The summed E-state index contributed by atoms with van der Waals surface area (Å²) < 4.78 is 0. The molecule has 104 valence electrons. The number of carboxylic acid groups (broad SMARTS) is 1. The van der Waals surface area contributed by atoms with Gasteiger partial charge in [0.05, 0.1) is 4.92 Å². The van der Waals surface area contributed by atoms with E-state index >= 15 is 0 Å². The van der Waals surface area contributed by atoms with Gasteiger partial charge in [0.25, 0.3) is 0 Å². The summed E-state index contributed by atoms with van der Waals surface area (Å²) in [5, 5.41) is 19.8.